The second-order valence-corrected chi connectivity index (χ2v) is 8.40. The largest absolute Gasteiger partial charge is 0.303 e. The molecule has 138 valence electrons. The lowest BCUT2D eigenvalue weighted by Crippen LogP contribution is -2.49. The number of sulfonamides is 1. The minimum absolute atomic E-state index is 0.0414. The number of nitro groups is 1. The molecule has 0 N–H and O–H groups in total. The van der Waals surface area contributed by atoms with Crippen molar-refractivity contribution in [3.05, 3.63) is 69.8 Å². The molecule has 1 atom stereocenters. The predicted octanol–water partition coefficient (Wildman–Crippen LogP) is 2.58. The van der Waals surface area contributed by atoms with Crippen LogP contribution in [0.15, 0.2) is 53.4 Å². The summed E-state index contributed by atoms with van der Waals surface area (Å²) in [4.78, 5) is 12.7. The van der Waals surface area contributed by atoms with Crippen LogP contribution < -0.4 is 0 Å². The Labute approximate surface area is 153 Å². The van der Waals surface area contributed by atoms with Crippen LogP contribution in [0.2, 0.25) is 0 Å². The lowest BCUT2D eigenvalue weighted by Gasteiger charge is -2.39. The summed E-state index contributed by atoms with van der Waals surface area (Å²) in [5.74, 6) is 0. The van der Waals surface area contributed by atoms with Gasteiger partial charge in [-0.3, -0.25) is 10.1 Å². The molecule has 1 heterocycles. The van der Waals surface area contributed by atoms with Crippen LogP contribution in [-0.2, 0) is 10.0 Å². The van der Waals surface area contributed by atoms with Gasteiger partial charge in [-0.25, -0.2) is 8.42 Å². The van der Waals surface area contributed by atoms with E-state index in [1.165, 1.54) is 16.4 Å². The molecule has 3 rings (SSSR count). The van der Waals surface area contributed by atoms with Crippen molar-refractivity contribution in [2.75, 3.05) is 26.7 Å². The van der Waals surface area contributed by atoms with Crippen LogP contribution in [0.1, 0.15) is 17.2 Å². The van der Waals surface area contributed by atoms with Gasteiger partial charge in [0.15, 0.2) is 0 Å². The van der Waals surface area contributed by atoms with E-state index < -0.39 is 14.9 Å². The molecule has 1 aliphatic heterocycles. The summed E-state index contributed by atoms with van der Waals surface area (Å²) in [6.45, 7) is 3.10. The first kappa shape index (κ1) is 18.5. The van der Waals surface area contributed by atoms with E-state index in [1.54, 1.807) is 6.92 Å². The zero-order chi connectivity index (χ0) is 18.9. The maximum absolute atomic E-state index is 13.2. The fourth-order valence-electron chi connectivity index (χ4n) is 3.22. The quantitative estimate of drug-likeness (QED) is 0.606. The third-order valence-corrected chi connectivity index (χ3v) is 6.61. The summed E-state index contributed by atoms with van der Waals surface area (Å²) >= 11 is 0. The van der Waals surface area contributed by atoms with Crippen LogP contribution in [-0.4, -0.2) is 49.2 Å². The highest BCUT2D eigenvalue weighted by Gasteiger charge is 2.36. The van der Waals surface area contributed by atoms with Crippen molar-refractivity contribution < 1.29 is 13.3 Å². The van der Waals surface area contributed by atoms with Crippen molar-refractivity contribution in [3.63, 3.8) is 0 Å². The van der Waals surface area contributed by atoms with Gasteiger partial charge in [0.1, 0.15) is 0 Å². The van der Waals surface area contributed by atoms with Crippen LogP contribution in [0, 0.1) is 17.0 Å². The molecule has 0 amide bonds. The monoisotopic (exact) mass is 375 g/mol. The maximum atomic E-state index is 13.2. The van der Waals surface area contributed by atoms with Gasteiger partial charge in [0, 0.05) is 31.3 Å². The number of hydrogen-bond acceptors (Lipinski definition) is 5. The number of nitro benzene ring substituents is 1. The van der Waals surface area contributed by atoms with E-state index in [1.807, 2.05) is 37.4 Å². The van der Waals surface area contributed by atoms with Crippen molar-refractivity contribution in [2.45, 2.75) is 17.9 Å². The Morgan fingerprint density at radius 1 is 1.12 bits per heavy atom. The van der Waals surface area contributed by atoms with Crippen molar-refractivity contribution in [3.8, 4) is 0 Å². The minimum atomic E-state index is -3.85. The van der Waals surface area contributed by atoms with Gasteiger partial charge in [-0.1, -0.05) is 36.4 Å². The third kappa shape index (κ3) is 3.48. The second kappa shape index (κ2) is 7.14. The molecule has 0 aliphatic carbocycles. The first-order valence-electron chi connectivity index (χ1n) is 8.31. The summed E-state index contributed by atoms with van der Waals surface area (Å²) in [6, 6.07) is 13.2. The number of benzene rings is 2. The highest BCUT2D eigenvalue weighted by atomic mass is 32.2. The van der Waals surface area contributed by atoms with E-state index in [0.717, 1.165) is 11.6 Å². The van der Waals surface area contributed by atoms with Crippen LogP contribution in [0.3, 0.4) is 0 Å². The maximum Gasteiger partial charge on any atom is 0.273 e. The Bertz CT molecular complexity index is 915. The van der Waals surface area contributed by atoms with E-state index in [4.69, 9.17) is 0 Å². The van der Waals surface area contributed by atoms with Gasteiger partial charge >= 0.3 is 0 Å². The van der Waals surface area contributed by atoms with Crippen molar-refractivity contribution in [1.82, 2.24) is 9.21 Å². The molecule has 0 bridgehead atoms. The number of nitrogens with zero attached hydrogens (tertiary/aromatic N) is 3. The average molecular weight is 375 g/mol. The van der Waals surface area contributed by atoms with Crippen LogP contribution >= 0.6 is 0 Å². The molecule has 0 radical (unpaired) electrons. The van der Waals surface area contributed by atoms with E-state index in [9.17, 15) is 18.5 Å². The average Bonchev–Trinajstić information content (AvgIpc) is 2.62. The van der Waals surface area contributed by atoms with Crippen LogP contribution in [0.5, 0.6) is 0 Å². The molecule has 1 aliphatic rings. The summed E-state index contributed by atoms with van der Waals surface area (Å²) in [6.07, 6.45) is 0. The fourth-order valence-corrected chi connectivity index (χ4v) is 4.84. The molecule has 1 fully saturated rings. The number of piperazine rings is 1. The van der Waals surface area contributed by atoms with E-state index in [2.05, 4.69) is 4.90 Å². The molecule has 2 aromatic carbocycles. The highest BCUT2D eigenvalue weighted by molar-refractivity contribution is 7.89. The van der Waals surface area contributed by atoms with E-state index >= 15 is 0 Å². The molecule has 2 aromatic rings. The Kier molecular flexibility index (Phi) is 5.08. The van der Waals surface area contributed by atoms with Gasteiger partial charge in [0.05, 0.1) is 15.9 Å². The van der Waals surface area contributed by atoms with Crippen molar-refractivity contribution >= 4 is 15.7 Å². The van der Waals surface area contributed by atoms with Gasteiger partial charge in [-0.05, 0) is 25.6 Å². The lowest BCUT2D eigenvalue weighted by atomic mass is 10.1. The van der Waals surface area contributed by atoms with Crippen molar-refractivity contribution in [2.24, 2.45) is 0 Å². The topological polar surface area (TPSA) is 83.8 Å². The molecule has 7 nitrogen and oxygen atoms in total. The Morgan fingerprint density at radius 3 is 2.46 bits per heavy atom. The molecule has 26 heavy (non-hydrogen) atoms. The molecule has 1 unspecified atom stereocenters. The van der Waals surface area contributed by atoms with Crippen LogP contribution in [0.25, 0.3) is 0 Å². The first-order valence-corrected chi connectivity index (χ1v) is 9.75. The molecule has 0 spiro atoms. The number of likely N-dealkylation sites (N-methyl/N-ethyl adjacent to an activating group) is 1. The Morgan fingerprint density at radius 2 is 1.81 bits per heavy atom. The SMILES string of the molecule is Cc1ccc(S(=O)(=O)N2CCN(C)CC2c2ccccc2)cc1[N+](=O)[O-]. The number of aryl methyl sites for hydroxylation is 1. The Hall–Kier alpha value is -2.29. The smallest absolute Gasteiger partial charge is 0.273 e. The first-order chi connectivity index (χ1) is 12.3. The van der Waals surface area contributed by atoms with Crippen molar-refractivity contribution in [1.29, 1.82) is 0 Å². The Balaban J connectivity index is 2.04. The van der Waals surface area contributed by atoms with Gasteiger partial charge in [0.25, 0.3) is 5.69 Å². The number of rotatable bonds is 4. The summed E-state index contributed by atoms with van der Waals surface area (Å²) in [5.41, 5.74) is 1.16. The fraction of sp³-hybridized carbons (Fsp3) is 0.333. The molecule has 0 aromatic heterocycles. The normalized spacial score (nSPS) is 19.4. The van der Waals surface area contributed by atoms with Gasteiger partial charge in [0.2, 0.25) is 10.0 Å². The zero-order valence-corrected chi connectivity index (χ0v) is 15.5. The zero-order valence-electron chi connectivity index (χ0n) is 14.7. The highest BCUT2D eigenvalue weighted by Crippen LogP contribution is 2.32. The second-order valence-electron chi connectivity index (χ2n) is 6.51. The summed E-state index contributed by atoms with van der Waals surface area (Å²) < 4.78 is 28.0. The lowest BCUT2D eigenvalue weighted by molar-refractivity contribution is -0.385. The molecular formula is C18H21N3O4S. The van der Waals surface area contributed by atoms with Crippen LogP contribution in [0.4, 0.5) is 5.69 Å². The predicted molar refractivity (Wildman–Crippen MR) is 98.4 cm³/mol. The van der Waals surface area contributed by atoms with Gasteiger partial charge < -0.3 is 4.90 Å². The third-order valence-electron chi connectivity index (χ3n) is 4.70. The number of hydrogen-bond donors (Lipinski definition) is 0. The summed E-state index contributed by atoms with van der Waals surface area (Å²) in [5, 5.41) is 11.2. The van der Waals surface area contributed by atoms with Gasteiger partial charge in [-0.15, -0.1) is 0 Å². The van der Waals surface area contributed by atoms with Gasteiger partial charge in [-0.2, -0.15) is 4.31 Å². The molecule has 1 saturated heterocycles. The molecule has 8 heteroatoms. The summed E-state index contributed by atoms with van der Waals surface area (Å²) in [7, 11) is -1.90. The van der Waals surface area contributed by atoms with E-state index in [0.29, 0.717) is 25.2 Å². The van der Waals surface area contributed by atoms with E-state index in [-0.39, 0.29) is 16.6 Å². The minimum Gasteiger partial charge on any atom is -0.303 e. The molecule has 0 saturated carbocycles. The molecular weight excluding hydrogens is 354 g/mol. The standard InChI is InChI=1S/C18H21N3O4S/c1-14-8-9-16(12-17(14)21(22)23)26(24,25)20-11-10-19(2)13-18(20)15-6-4-3-5-7-15/h3-9,12,18H,10-11,13H2,1-2H3.